The normalized spacial score (nSPS) is 18.2. The van der Waals surface area contributed by atoms with E-state index in [9.17, 15) is 4.79 Å². The quantitative estimate of drug-likeness (QED) is 0.521. The van der Waals surface area contributed by atoms with Crippen LogP contribution in [0.3, 0.4) is 0 Å². The Bertz CT molecular complexity index is 1350. The van der Waals surface area contributed by atoms with Crippen molar-refractivity contribution in [1.82, 2.24) is 4.98 Å². The molecule has 2 aromatic carbocycles. The fraction of sp³-hybridized carbons (Fsp3) is 0.345. The third-order valence-electron chi connectivity index (χ3n) is 7.03. The summed E-state index contributed by atoms with van der Waals surface area (Å²) in [6.07, 6.45) is 3.60. The Hall–Kier alpha value is -3.87. The molecule has 0 amide bonds. The zero-order valence-corrected chi connectivity index (χ0v) is 21.2. The standard InChI is InChI=1S/C29H31N3O4/c1-29(2)15-20(33)25-23(16-29)36-28-26(24(25)19-8-6-5-7-9-19)27(30)32(17-31-28)13-12-18-10-11-21(34-3)22(14-18)35-4/h5-11,14,17,24,30H,12-13,15-16H2,1-4H3/p+1/t24-/m0/s1. The third-order valence-corrected chi connectivity index (χ3v) is 7.03. The van der Waals surface area contributed by atoms with Crippen molar-refractivity contribution in [2.75, 3.05) is 20.0 Å². The number of anilines is 1. The van der Waals surface area contributed by atoms with Gasteiger partial charge in [-0.05, 0) is 28.7 Å². The maximum atomic E-state index is 13.4. The summed E-state index contributed by atoms with van der Waals surface area (Å²) >= 11 is 0. The number of benzene rings is 2. The van der Waals surface area contributed by atoms with Gasteiger partial charge in [-0.15, -0.1) is 0 Å². The Balaban J connectivity index is 1.53. The Morgan fingerprint density at radius 3 is 2.56 bits per heavy atom. The van der Waals surface area contributed by atoms with Gasteiger partial charge in [0, 0.05) is 24.8 Å². The van der Waals surface area contributed by atoms with E-state index in [4.69, 9.17) is 19.9 Å². The molecule has 0 saturated heterocycles. The Morgan fingerprint density at radius 1 is 1.08 bits per heavy atom. The van der Waals surface area contributed by atoms with E-state index in [1.54, 1.807) is 20.5 Å². The van der Waals surface area contributed by atoms with Gasteiger partial charge in [-0.2, -0.15) is 0 Å². The molecule has 2 aliphatic rings. The number of carbonyl (C=O) groups is 1. The number of Topliss-reactive ketones (excluding diaryl/α,β-unsaturated/α-hetero) is 1. The number of methoxy groups -OCH3 is 2. The molecule has 1 aliphatic heterocycles. The van der Waals surface area contributed by atoms with Crippen LogP contribution in [0.4, 0.5) is 5.82 Å². The number of nitrogens with zero attached hydrogens (tertiary/aromatic N) is 2. The van der Waals surface area contributed by atoms with E-state index < -0.39 is 0 Å². The van der Waals surface area contributed by atoms with Crippen molar-refractivity contribution < 1.29 is 23.6 Å². The number of nitrogen functional groups attached to an aromatic ring is 1. The number of rotatable bonds is 6. The second kappa shape index (κ2) is 9.30. The second-order valence-corrected chi connectivity index (χ2v) is 10.2. The molecule has 1 aromatic heterocycles. The minimum atomic E-state index is -0.311. The smallest absolute Gasteiger partial charge is 0.305 e. The Morgan fingerprint density at radius 2 is 1.83 bits per heavy atom. The Labute approximate surface area is 211 Å². The van der Waals surface area contributed by atoms with Gasteiger partial charge in [0.1, 0.15) is 11.3 Å². The predicted octanol–water partition coefficient (Wildman–Crippen LogP) is 4.38. The van der Waals surface area contributed by atoms with Gasteiger partial charge in [0.05, 0.1) is 26.7 Å². The molecule has 0 fully saturated rings. The third kappa shape index (κ3) is 4.30. The fourth-order valence-corrected chi connectivity index (χ4v) is 5.27. The van der Waals surface area contributed by atoms with E-state index in [-0.39, 0.29) is 17.1 Å². The fourth-order valence-electron chi connectivity index (χ4n) is 5.27. The minimum absolute atomic E-state index is 0.112. The van der Waals surface area contributed by atoms with Crippen LogP contribution in [0, 0.1) is 5.41 Å². The number of carbonyl (C=O) groups excluding carboxylic acids is 1. The van der Waals surface area contributed by atoms with Gasteiger partial charge in [0.2, 0.25) is 12.1 Å². The number of aryl methyl sites for hydroxylation is 2. The SMILES string of the molecule is COc1ccc(CC[n+]2cnc3c(c2N)[C@@H](c2ccccc2)C2=C(CC(C)(C)CC2=O)O3)cc1OC. The van der Waals surface area contributed by atoms with Gasteiger partial charge in [-0.1, -0.05) is 55.2 Å². The lowest BCUT2D eigenvalue weighted by atomic mass is 9.70. The number of hydrogen-bond donors (Lipinski definition) is 1. The first-order valence-corrected chi connectivity index (χ1v) is 12.2. The molecule has 5 rings (SSSR count). The van der Waals surface area contributed by atoms with Crippen molar-refractivity contribution in [2.24, 2.45) is 5.41 Å². The molecule has 7 heteroatoms. The molecule has 3 aromatic rings. The molecule has 1 aliphatic carbocycles. The van der Waals surface area contributed by atoms with Crippen LogP contribution >= 0.6 is 0 Å². The van der Waals surface area contributed by atoms with Crippen molar-refractivity contribution >= 4 is 11.6 Å². The van der Waals surface area contributed by atoms with Crippen LogP contribution in [0.2, 0.25) is 0 Å². The lowest BCUT2D eigenvalue weighted by molar-refractivity contribution is -0.685. The highest BCUT2D eigenvalue weighted by atomic mass is 16.5. The number of allylic oxidation sites excluding steroid dienone is 2. The summed E-state index contributed by atoms with van der Waals surface area (Å²) in [6, 6.07) is 15.9. The molecule has 0 spiro atoms. The van der Waals surface area contributed by atoms with Crippen LogP contribution in [0.25, 0.3) is 0 Å². The van der Waals surface area contributed by atoms with E-state index in [1.165, 1.54) is 0 Å². The van der Waals surface area contributed by atoms with E-state index in [0.29, 0.717) is 60.3 Å². The highest BCUT2D eigenvalue weighted by molar-refractivity contribution is 6.00. The van der Waals surface area contributed by atoms with Gasteiger partial charge in [0.25, 0.3) is 0 Å². The molecule has 0 bridgehead atoms. The summed E-state index contributed by atoms with van der Waals surface area (Å²) in [4.78, 5) is 18.1. The average Bonchev–Trinajstić information content (AvgIpc) is 2.86. The van der Waals surface area contributed by atoms with Crippen LogP contribution < -0.4 is 24.5 Å². The first kappa shape index (κ1) is 23.9. The molecular weight excluding hydrogens is 454 g/mol. The van der Waals surface area contributed by atoms with E-state index in [0.717, 1.165) is 16.7 Å². The number of ether oxygens (including phenoxy) is 3. The van der Waals surface area contributed by atoms with Crippen LogP contribution in [0.5, 0.6) is 17.4 Å². The number of fused-ring (bicyclic) bond motifs is 1. The first-order chi connectivity index (χ1) is 17.3. The van der Waals surface area contributed by atoms with Crippen molar-refractivity contribution in [3.63, 3.8) is 0 Å². The summed E-state index contributed by atoms with van der Waals surface area (Å²) in [5, 5.41) is 0. The largest absolute Gasteiger partial charge is 0.493 e. The zero-order chi connectivity index (χ0) is 25.4. The van der Waals surface area contributed by atoms with Crippen LogP contribution in [0.1, 0.15) is 49.3 Å². The molecule has 0 saturated carbocycles. The summed E-state index contributed by atoms with van der Waals surface area (Å²) in [5.74, 6) is 2.93. The van der Waals surface area contributed by atoms with Crippen molar-refractivity contribution in [3.05, 3.63) is 82.9 Å². The molecule has 0 radical (unpaired) electrons. The van der Waals surface area contributed by atoms with Crippen LogP contribution in [0.15, 0.2) is 66.2 Å². The zero-order valence-electron chi connectivity index (χ0n) is 21.2. The average molecular weight is 487 g/mol. The van der Waals surface area contributed by atoms with E-state index in [2.05, 4.69) is 18.8 Å². The van der Waals surface area contributed by atoms with Crippen LogP contribution in [-0.4, -0.2) is 25.0 Å². The number of aromatic nitrogens is 2. The molecule has 2 N–H and O–H groups in total. The van der Waals surface area contributed by atoms with Gasteiger partial charge in [-0.25, -0.2) is 4.57 Å². The summed E-state index contributed by atoms with van der Waals surface area (Å²) in [6.45, 7) is 4.80. The van der Waals surface area contributed by atoms with Crippen molar-refractivity contribution in [1.29, 1.82) is 0 Å². The summed E-state index contributed by atoms with van der Waals surface area (Å²) < 4.78 is 19.0. The predicted molar refractivity (Wildman–Crippen MR) is 136 cm³/mol. The maximum Gasteiger partial charge on any atom is 0.305 e. The molecule has 0 unspecified atom stereocenters. The second-order valence-electron chi connectivity index (χ2n) is 10.2. The van der Waals surface area contributed by atoms with Gasteiger partial charge in [-0.3, -0.25) is 4.79 Å². The number of hydrogen-bond acceptors (Lipinski definition) is 6. The summed E-state index contributed by atoms with van der Waals surface area (Å²) in [5.41, 5.74) is 10.2. The molecule has 36 heavy (non-hydrogen) atoms. The molecule has 2 heterocycles. The monoisotopic (exact) mass is 486 g/mol. The van der Waals surface area contributed by atoms with E-state index >= 15 is 0 Å². The van der Waals surface area contributed by atoms with Gasteiger partial charge < -0.3 is 19.9 Å². The highest BCUT2D eigenvalue weighted by Gasteiger charge is 2.45. The number of nitrogens with two attached hydrogens (primary N) is 1. The van der Waals surface area contributed by atoms with Gasteiger partial charge in [0.15, 0.2) is 17.3 Å². The van der Waals surface area contributed by atoms with E-state index in [1.807, 2.05) is 53.1 Å². The highest BCUT2D eigenvalue weighted by Crippen LogP contribution is 2.50. The van der Waals surface area contributed by atoms with Crippen molar-refractivity contribution in [3.8, 4) is 17.4 Å². The molecular formula is C29H32N3O4+. The lowest BCUT2D eigenvalue weighted by Crippen LogP contribution is -2.42. The molecule has 186 valence electrons. The Kier molecular flexibility index (Phi) is 6.16. The minimum Gasteiger partial charge on any atom is -0.493 e. The first-order valence-electron chi connectivity index (χ1n) is 12.2. The van der Waals surface area contributed by atoms with Gasteiger partial charge >= 0.3 is 5.88 Å². The van der Waals surface area contributed by atoms with Crippen molar-refractivity contribution in [2.45, 2.75) is 45.6 Å². The summed E-state index contributed by atoms with van der Waals surface area (Å²) in [7, 11) is 3.25. The van der Waals surface area contributed by atoms with Crippen LogP contribution in [-0.2, 0) is 17.8 Å². The molecule has 1 atom stereocenters. The topological polar surface area (TPSA) is 87.6 Å². The number of ketones is 1. The molecule has 7 nitrogen and oxygen atoms in total. The maximum absolute atomic E-state index is 13.4. The lowest BCUT2D eigenvalue weighted by Gasteiger charge is -2.37.